The topological polar surface area (TPSA) is 73.5 Å². The normalized spacial score (nSPS) is 11.3. The SMILES string of the molecule is CCN=C(C)CC(=N)C(=O)O. The zero-order chi connectivity index (χ0) is 8.85. The fraction of sp³-hybridized carbons (Fsp3) is 0.571. The standard InChI is InChI=1S/C7H12N2O2/c1-3-9-5(2)4-6(8)7(10)11/h8H,3-4H2,1-2H3,(H,10,11). The summed E-state index contributed by atoms with van der Waals surface area (Å²) in [6, 6.07) is 0. The third-order valence-corrected chi connectivity index (χ3v) is 1.12. The number of nitrogens with one attached hydrogen (secondary N) is 1. The first-order valence-electron chi connectivity index (χ1n) is 3.38. The molecule has 0 saturated heterocycles. The summed E-state index contributed by atoms with van der Waals surface area (Å²) in [5.74, 6) is -1.17. The Labute approximate surface area is 65.5 Å². The second-order valence-corrected chi connectivity index (χ2v) is 2.17. The molecule has 2 N–H and O–H groups in total. The summed E-state index contributed by atoms with van der Waals surface area (Å²) in [6.45, 7) is 4.23. The molecule has 0 aliphatic carbocycles. The predicted molar refractivity (Wildman–Crippen MR) is 43.6 cm³/mol. The molecule has 0 rings (SSSR count). The third kappa shape index (κ3) is 4.25. The maximum atomic E-state index is 10.2. The summed E-state index contributed by atoms with van der Waals surface area (Å²) in [4.78, 5) is 14.1. The molecule has 0 aliphatic heterocycles. The molecule has 11 heavy (non-hydrogen) atoms. The van der Waals surface area contributed by atoms with Crippen molar-refractivity contribution in [3.8, 4) is 0 Å². The molecular weight excluding hydrogens is 144 g/mol. The molecular formula is C7H12N2O2. The van der Waals surface area contributed by atoms with Crippen molar-refractivity contribution in [3.63, 3.8) is 0 Å². The lowest BCUT2D eigenvalue weighted by molar-refractivity contribution is -0.129. The average Bonchev–Trinajstić information content (AvgIpc) is 1.87. The van der Waals surface area contributed by atoms with Crippen LogP contribution in [-0.4, -0.2) is 29.0 Å². The van der Waals surface area contributed by atoms with E-state index in [0.717, 1.165) is 0 Å². The number of carboxylic acids is 1. The molecule has 0 atom stereocenters. The molecule has 0 aromatic heterocycles. The molecule has 0 bridgehead atoms. The van der Waals surface area contributed by atoms with Crippen LogP contribution in [0.2, 0.25) is 0 Å². The quantitative estimate of drug-likeness (QED) is 0.595. The Bertz CT molecular complexity index is 197. The molecule has 4 nitrogen and oxygen atoms in total. The first-order valence-corrected chi connectivity index (χ1v) is 3.38. The first kappa shape index (κ1) is 9.81. The number of hydrogen-bond acceptors (Lipinski definition) is 3. The van der Waals surface area contributed by atoms with Crippen molar-refractivity contribution in [2.75, 3.05) is 6.54 Å². The van der Waals surface area contributed by atoms with Gasteiger partial charge in [0.15, 0.2) is 0 Å². The number of aliphatic carboxylic acids is 1. The lowest BCUT2D eigenvalue weighted by atomic mass is 10.2. The number of carboxylic acid groups (broad SMARTS) is 1. The number of rotatable bonds is 4. The van der Waals surface area contributed by atoms with E-state index in [-0.39, 0.29) is 12.1 Å². The highest BCUT2D eigenvalue weighted by Crippen LogP contribution is 1.89. The molecule has 4 heteroatoms. The minimum absolute atomic E-state index is 0.142. The van der Waals surface area contributed by atoms with Crippen LogP contribution in [0.15, 0.2) is 4.99 Å². The van der Waals surface area contributed by atoms with E-state index in [1.807, 2.05) is 6.92 Å². The Hall–Kier alpha value is -1.19. The van der Waals surface area contributed by atoms with Crippen molar-refractivity contribution in [1.82, 2.24) is 0 Å². The molecule has 0 aromatic carbocycles. The van der Waals surface area contributed by atoms with Crippen molar-refractivity contribution in [2.45, 2.75) is 20.3 Å². The van der Waals surface area contributed by atoms with Crippen molar-refractivity contribution >= 4 is 17.4 Å². The lowest BCUT2D eigenvalue weighted by Crippen LogP contribution is -2.14. The van der Waals surface area contributed by atoms with E-state index in [2.05, 4.69) is 4.99 Å². The Morgan fingerprint density at radius 1 is 1.64 bits per heavy atom. The van der Waals surface area contributed by atoms with E-state index >= 15 is 0 Å². The molecule has 0 unspecified atom stereocenters. The minimum Gasteiger partial charge on any atom is -0.477 e. The summed E-state index contributed by atoms with van der Waals surface area (Å²) < 4.78 is 0. The third-order valence-electron chi connectivity index (χ3n) is 1.12. The largest absolute Gasteiger partial charge is 0.477 e. The van der Waals surface area contributed by atoms with Gasteiger partial charge in [-0.3, -0.25) is 10.4 Å². The Morgan fingerprint density at radius 3 is 2.55 bits per heavy atom. The van der Waals surface area contributed by atoms with Crippen LogP contribution in [0.5, 0.6) is 0 Å². The van der Waals surface area contributed by atoms with Gasteiger partial charge in [-0.1, -0.05) is 0 Å². The number of aliphatic imine (C=N–C) groups is 1. The van der Waals surface area contributed by atoms with Gasteiger partial charge >= 0.3 is 5.97 Å². The van der Waals surface area contributed by atoms with Gasteiger partial charge in [0.1, 0.15) is 5.71 Å². The van der Waals surface area contributed by atoms with Gasteiger partial charge in [-0.05, 0) is 13.8 Å². The van der Waals surface area contributed by atoms with Gasteiger partial charge in [0.25, 0.3) is 0 Å². The first-order chi connectivity index (χ1) is 5.07. The van der Waals surface area contributed by atoms with E-state index < -0.39 is 5.97 Å². The molecule has 0 fully saturated rings. The van der Waals surface area contributed by atoms with Crippen molar-refractivity contribution in [2.24, 2.45) is 4.99 Å². The highest BCUT2D eigenvalue weighted by atomic mass is 16.4. The van der Waals surface area contributed by atoms with E-state index in [1.54, 1.807) is 6.92 Å². The van der Waals surface area contributed by atoms with E-state index in [4.69, 9.17) is 10.5 Å². The van der Waals surface area contributed by atoms with Crippen LogP contribution >= 0.6 is 0 Å². The Kier molecular flexibility index (Phi) is 4.10. The Morgan fingerprint density at radius 2 is 2.18 bits per heavy atom. The fourth-order valence-electron chi connectivity index (χ4n) is 0.657. The van der Waals surface area contributed by atoms with Gasteiger partial charge in [-0.15, -0.1) is 0 Å². The molecule has 0 saturated carbocycles. The van der Waals surface area contributed by atoms with Gasteiger partial charge < -0.3 is 5.11 Å². The number of nitrogens with zero attached hydrogens (tertiary/aromatic N) is 1. The summed E-state index contributed by atoms with van der Waals surface area (Å²) in [5.41, 5.74) is 0.389. The smallest absolute Gasteiger partial charge is 0.349 e. The fourth-order valence-corrected chi connectivity index (χ4v) is 0.657. The van der Waals surface area contributed by atoms with Crippen molar-refractivity contribution in [3.05, 3.63) is 0 Å². The highest BCUT2D eigenvalue weighted by Gasteiger charge is 2.06. The van der Waals surface area contributed by atoms with E-state index in [1.165, 1.54) is 0 Å². The maximum absolute atomic E-state index is 10.2. The highest BCUT2D eigenvalue weighted by molar-refractivity contribution is 6.37. The monoisotopic (exact) mass is 156 g/mol. The van der Waals surface area contributed by atoms with Crippen LogP contribution in [-0.2, 0) is 4.79 Å². The van der Waals surface area contributed by atoms with E-state index in [9.17, 15) is 4.79 Å². The van der Waals surface area contributed by atoms with Crippen LogP contribution in [0.3, 0.4) is 0 Å². The minimum atomic E-state index is -1.17. The maximum Gasteiger partial charge on any atom is 0.349 e. The number of hydrogen-bond donors (Lipinski definition) is 2. The molecule has 0 spiro atoms. The second kappa shape index (κ2) is 4.60. The van der Waals surface area contributed by atoms with Gasteiger partial charge in [-0.25, -0.2) is 4.79 Å². The van der Waals surface area contributed by atoms with Crippen LogP contribution in [0, 0.1) is 5.41 Å². The molecule has 0 aliphatic rings. The zero-order valence-corrected chi connectivity index (χ0v) is 6.72. The average molecular weight is 156 g/mol. The van der Waals surface area contributed by atoms with Crippen molar-refractivity contribution in [1.29, 1.82) is 5.41 Å². The molecule has 0 amide bonds. The summed E-state index contributed by atoms with van der Waals surface area (Å²) >= 11 is 0. The van der Waals surface area contributed by atoms with Crippen LogP contribution in [0.25, 0.3) is 0 Å². The molecule has 62 valence electrons. The van der Waals surface area contributed by atoms with Crippen LogP contribution < -0.4 is 0 Å². The Balaban J connectivity index is 3.95. The zero-order valence-electron chi connectivity index (χ0n) is 6.72. The van der Waals surface area contributed by atoms with Gasteiger partial charge in [0.05, 0.1) is 0 Å². The van der Waals surface area contributed by atoms with Crippen molar-refractivity contribution < 1.29 is 9.90 Å². The summed E-state index contributed by atoms with van der Waals surface area (Å²) in [5, 5.41) is 15.3. The van der Waals surface area contributed by atoms with Gasteiger partial charge in [0, 0.05) is 18.7 Å². The van der Waals surface area contributed by atoms with Gasteiger partial charge in [-0.2, -0.15) is 0 Å². The van der Waals surface area contributed by atoms with Gasteiger partial charge in [0.2, 0.25) is 0 Å². The van der Waals surface area contributed by atoms with Crippen LogP contribution in [0.1, 0.15) is 20.3 Å². The predicted octanol–water partition coefficient (Wildman–Crippen LogP) is 0.962. The summed E-state index contributed by atoms with van der Waals surface area (Å²) in [7, 11) is 0. The molecule has 0 radical (unpaired) electrons. The molecule has 0 aromatic rings. The molecule has 0 heterocycles. The van der Waals surface area contributed by atoms with E-state index in [0.29, 0.717) is 12.3 Å². The summed E-state index contributed by atoms with van der Waals surface area (Å²) in [6.07, 6.45) is 0.142. The lowest BCUT2D eigenvalue weighted by Gasteiger charge is -1.96. The second-order valence-electron chi connectivity index (χ2n) is 2.17. The van der Waals surface area contributed by atoms with Crippen LogP contribution in [0.4, 0.5) is 0 Å². The number of carbonyl (C=O) groups is 1.